The van der Waals surface area contributed by atoms with E-state index in [0.717, 1.165) is 38.8 Å². The van der Waals surface area contributed by atoms with Gasteiger partial charge in [0.1, 0.15) is 0 Å². The Morgan fingerprint density at radius 1 is 1.12 bits per heavy atom. The first kappa shape index (κ1) is 17.0. The van der Waals surface area contributed by atoms with E-state index in [9.17, 15) is 9.59 Å². The molecule has 0 atom stereocenters. The lowest BCUT2D eigenvalue weighted by Crippen LogP contribution is -2.55. The summed E-state index contributed by atoms with van der Waals surface area (Å²) in [6.07, 6.45) is 4.11. The molecule has 1 aliphatic heterocycles. The van der Waals surface area contributed by atoms with Crippen LogP contribution >= 0.6 is 0 Å². The van der Waals surface area contributed by atoms with Crippen LogP contribution in [-0.2, 0) is 15.0 Å². The molecule has 1 aromatic rings. The summed E-state index contributed by atoms with van der Waals surface area (Å²) >= 11 is 0. The highest BCUT2D eigenvalue weighted by Gasteiger charge is 2.45. The molecular formula is C19H27N3O2. The lowest BCUT2D eigenvalue weighted by molar-refractivity contribution is -0.139. The van der Waals surface area contributed by atoms with Gasteiger partial charge in [-0.15, -0.1) is 0 Å². The lowest BCUT2D eigenvalue weighted by atomic mass is 9.77. The van der Waals surface area contributed by atoms with Crippen molar-refractivity contribution in [2.24, 2.45) is 5.73 Å². The van der Waals surface area contributed by atoms with Crippen molar-refractivity contribution in [3.05, 3.63) is 35.4 Å². The molecule has 2 amide bonds. The summed E-state index contributed by atoms with van der Waals surface area (Å²) < 4.78 is 0. The van der Waals surface area contributed by atoms with Crippen molar-refractivity contribution in [1.82, 2.24) is 9.80 Å². The van der Waals surface area contributed by atoms with E-state index in [4.69, 9.17) is 5.73 Å². The van der Waals surface area contributed by atoms with Gasteiger partial charge in [0.2, 0.25) is 11.8 Å². The van der Waals surface area contributed by atoms with Gasteiger partial charge in [-0.3, -0.25) is 14.5 Å². The number of carbonyl (C=O) groups excluding carboxylic acids is 2. The van der Waals surface area contributed by atoms with Crippen molar-refractivity contribution in [2.75, 3.05) is 32.7 Å². The maximum Gasteiger partial charge on any atom is 0.233 e. The summed E-state index contributed by atoms with van der Waals surface area (Å²) in [6.45, 7) is 5.17. The molecule has 1 aromatic carbocycles. The second kappa shape index (κ2) is 6.93. The number of aryl methyl sites for hydroxylation is 1. The summed E-state index contributed by atoms with van der Waals surface area (Å²) in [6, 6.07) is 8.42. The van der Waals surface area contributed by atoms with E-state index in [1.165, 1.54) is 11.1 Å². The summed E-state index contributed by atoms with van der Waals surface area (Å²) in [5.74, 6) is -0.0360. The Morgan fingerprint density at radius 2 is 1.79 bits per heavy atom. The molecule has 3 rings (SSSR count). The van der Waals surface area contributed by atoms with Gasteiger partial charge >= 0.3 is 0 Å². The van der Waals surface area contributed by atoms with Crippen LogP contribution in [-0.4, -0.2) is 54.3 Å². The maximum atomic E-state index is 13.4. The van der Waals surface area contributed by atoms with Crippen molar-refractivity contribution in [2.45, 2.75) is 38.0 Å². The molecule has 0 unspecified atom stereocenters. The molecule has 1 heterocycles. The van der Waals surface area contributed by atoms with E-state index in [1.807, 2.05) is 9.80 Å². The zero-order valence-corrected chi connectivity index (χ0v) is 14.5. The molecule has 0 bridgehead atoms. The highest BCUT2D eigenvalue weighted by molar-refractivity contribution is 5.89. The van der Waals surface area contributed by atoms with Gasteiger partial charge in [-0.2, -0.15) is 0 Å². The van der Waals surface area contributed by atoms with E-state index in [-0.39, 0.29) is 23.8 Å². The predicted octanol–water partition coefficient (Wildman–Crippen LogP) is 1.44. The summed E-state index contributed by atoms with van der Waals surface area (Å²) in [5.41, 5.74) is 7.30. The van der Waals surface area contributed by atoms with Crippen LogP contribution < -0.4 is 5.73 Å². The maximum absolute atomic E-state index is 13.4. The largest absolute Gasteiger partial charge is 0.369 e. The zero-order chi connectivity index (χ0) is 17.2. The first-order chi connectivity index (χ1) is 11.5. The fourth-order valence-corrected chi connectivity index (χ4v) is 4.18. The third-order valence-electron chi connectivity index (χ3n) is 5.48. The van der Waals surface area contributed by atoms with Crippen LogP contribution in [0, 0.1) is 6.92 Å². The number of rotatable bonds is 4. The topological polar surface area (TPSA) is 66.6 Å². The normalized spacial score (nSPS) is 21.0. The minimum Gasteiger partial charge on any atom is -0.369 e. The second-order valence-electron chi connectivity index (χ2n) is 7.19. The predicted molar refractivity (Wildman–Crippen MR) is 93.5 cm³/mol. The highest BCUT2D eigenvalue weighted by atomic mass is 16.2. The second-order valence-corrected chi connectivity index (χ2v) is 7.19. The van der Waals surface area contributed by atoms with Crippen molar-refractivity contribution < 1.29 is 9.59 Å². The van der Waals surface area contributed by atoms with E-state index < -0.39 is 0 Å². The minimum absolute atomic E-state index is 0.268. The first-order valence-corrected chi connectivity index (χ1v) is 8.88. The third kappa shape index (κ3) is 3.31. The van der Waals surface area contributed by atoms with Gasteiger partial charge in [-0.1, -0.05) is 42.7 Å². The molecule has 2 fully saturated rings. The van der Waals surface area contributed by atoms with E-state index in [1.54, 1.807) is 0 Å². The van der Waals surface area contributed by atoms with Crippen LogP contribution in [0.2, 0.25) is 0 Å². The summed E-state index contributed by atoms with van der Waals surface area (Å²) in [7, 11) is 0. The lowest BCUT2D eigenvalue weighted by Gasteiger charge is -2.40. The third-order valence-corrected chi connectivity index (χ3v) is 5.48. The first-order valence-electron chi connectivity index (χ1n) is 8.88. The molecule has 0 radical (unpaired) electrons. The number of amides is 2. The van der Waals surface area contributed by atoms with Crippen LogP contribution in [0.25, 0.3) is 0 Å². The summed E-state index contributed by atoms with van der Waals surface area (Å²) in [5, 5.41) is 0. The average molecular weight is 329 g/mol. The SMILES string of the molecule is Cc1cccc(C2(C(=O)N3CCN(CC(N)=O)CC3)CCCC2)c1. The molecular weight excluding hydrogens is 302 g/mol. The molecule has 0 aromatic heterocycles. The molecule has 130 valence electrons. The van der Waals surface area contributed by atoms with E-state index in [2.05, 4.69) is 31.2 Å². The molecule has 5 nitrogen and oxygen atoms in total. The molecule has 0 spiro atoms. The van der Waals surface area contributed by atoms with Crippen LogP contribution in [0.5, 0.6) is 0 Å². The van der Waals surface area contributed by atoms with Gasteiger partial charge in [-0.25, -0.2) is 0 Å². The van der Waals surface area contributed by atoms with Crippen LogP contribution in [0.15, 0.2) is 24.3 Å². The number of primary amides is 1. The molecule has 1 saturated heterocycles. The zero-order valence-electron chi connectivity index (χ0n) is 14.5. The van der Waals surface area contributed by atoms with Gasteiger partial charge in [0.15, 0.2) is 0 Å². The van der Waals surface area contributed by atoms with Crippen molar-refractivity contribution in [3.8, 4) is 0 Å². The highest BCUT2D eigenvalue weighted by Crippen LogP contribution is 2.43. The van der Waals surface area contributed by atoms with Crippen molar-refractivity contribution in [1.29, 1.82) is 0 Å². The van der Waals surface area contributed by atoms with E-state index >= 15 is 0 Å². The Labute approximate surface area is 143 Å². The van der Waals surface area contributed by atoms with Crippen molar-refractivity contribution >= 4 is 11.8 Å². The monoisotopic (exact) mass is 329 g/mol. The Kier molecular flexibility index (Phi) is 4.90. The fraction of sp³-hybridized carbons (Fsp3) is 0.579. The number of hydrogen-bond donors (Lipinski definition) is 1. The van der Waals surface area contributed by atoms with E-state index in [0.29, 0.717) is 13.1 Å². The molecule has 2 N–H and O–H groups in total. The fourth-order valence-electron chi connectivity index (χ4n) is 4.18. The molecule has 2 aliphatic rings. The number of benzene rings is 1. The van der Waals surface area contributed by atoms with Crippen LogP contribution in [0.4, 0.5) is 0 Å². The Morgan fingerprint density at radius 3 is 2.38 bits per heavy atom. The van der Waals surface area contributed by atoms with Gasteiger partial charge in [0, 0.05) is 26.2 Å². The Bertz CT molecular complexity index is 615. The Balaban J connectivity index is 1.75. The Hall–Kier alpha value is -1.88. The van der Waals surface area contributed by atoms with Crippen LogP contribution in [0.3, 0.4) is 0 Å². The molecule has 5 heteroatoms. The number of piperazine rings is 1. The summed E-state index contributed by atoms with van der Waals surface area (Å²) in [4.78, 5) is 28.5. The number of nitrogens with two attached hydrogens (primary N) is 1. The average Bonchev–Trinajstić information content (AvgIpc) is 3.05. The van der Waals surface area contributed by atoms with Gasteiger partial charge < -0.3 is 10.6 Å². The smallest absolute Gasteiger partial charge is 0.233 e. The minimum atomic E-state index is -0.349. The van der Waals surface area contributed by atoms with Gasteiger partial charge in [-0.05, 0) is 25.3 Å². The van der Waals surface area contributed by atoms with Gasteiger partial charge in [0.25, 0.3) is 0 Å². The standard InChI is InChI=1S/C19H27N3O2/c1-15-5-4-6-16(13-15)19(7-2-3-8-19)18(24)22-11-9-21(10-12-22)14-17(20)23/h4-6,13H,2-3,7-12,14H2,1H3,(H2,20,23). The number of nitrogens with zero attached hydrogens (tertiary/aromatic N) is 2. The molecule has 1 saturated carbocycles. The van der Waals surface area contributed by atoms with Crippen LogP contribution in [0.1, 0.15) is 36.8 Å². The quantitative estimate of drug-likeness (QED) is 0.909. The number of hydrogen-bond acceptors (Lipinski definition) is 3. The molecule has 1 aliphatic carbocycles. The van der Waals surface area contributed by atoms with Crippen molar-refractivity contribution in [3.63, 3.8) is 0 Å². The molecule has 24 heavy (non-hydrogen) atoms. The number of carbonyl (C=O) groups is 2. The van der Waals surface area contributed by atoms with Gasteiger partial charge in [0.05, 0.1) is 12.0 Å².